The van der Waals surface area contributed by atoms with Crippen molar-refractivity contribution in [1.29, 1.82) is 0 Å². The van der Waals surface area contributed by atoms with Crippen LogP contribution in [0.2, 0.25) is 0 Å². The summed E-state index contributed by atoms with van der Waals surface area (Å²) in [5, 5.41) is 0. The molecule has 1 nitrogen and oxygen atoms in total. The van der Waals surface area contributed by atoms with Gasteiger partial charge in [-0.15, -0.1) is 0 Å². The molecule has 2 bridgehead atoms. The second kappa shape index (κ2) is 5.14. The van der Waals surface area contributed by atoms with E-state index >= 15 is 0 Å². The van der Waals surface area contributed by atoms with E-state index in [2.05, 4.69) is 0 Å². The predicted molar refractivity (Wildman–Crippen MR) is 92.5 cm³/mol. The van der Waals surface area contributed by atoms with Crippen LogP contribution < -0.4 is 0 Å². The Morgan fingerprint density at radius 1 is 0.792 bits per heavy atom. The zero-order valence-electron chi connectivity index (χ0n) is 13.4. The van der Waals surface area contributed by atoms with Crippen LogP contribution in [0.1, 0.15) is 30.4 Å². The third kappa shape index (κ3) is 1.89. The topological polar surface area (TPSA) is 17.1 Å². The van der Waals surface area contributed by atoms with E-state index < -0.39 is 0 Å². The number of fused-ring (bicyclic) bond motifs is 5. The van der Waals surface area contributed by atoms with Crippen LogP contribution in [-0.4, -0.2) is 5.78 Å². The number of benzene rings is 2. The Morgan fingerprint density at radius 3 is 2.17 bits per heavy atom. The van der Waals surface area contributed by atoms with Crippen LogP contribution in [0.5, 0.6) is 0 Å². The summed E-state index contributed by atoms with van der Waals surface area (Å²) in [4.78, 5) is 13.3. The van der Waals surface area contributed by atoms with E-state index in [1.54, 1.807) is 0 Å². The van der Waals surface area contributed by atoms with Crippen molar-refractivity contribution in [2.45, 2.75) is 19.3 Å². The Labute approximate surface area is 141 Å². The summed E-state index contributed by atoms with van der Waals surface area (Å²) in [5.41, 5.74) is 4.08. The first-order valence-corrected chi connectivity index (χ1v) is 8.84. The van der Waals surface area contributed by atoms with Crippen LogP contribution in [0, 0.1) is 29.5 Å². The second-order valence-electron chi connectivity index (χ2n) is 7.41. The first-order valence-electron chi connectivity index (χ1n) is 8.84. The van der Waals surface area contributed by atoms with Gasteiger partial charge in [0.25, 0.3) is 0 Å². The van der Waals surface area contributed by atoms with Gasteiger partial charge in [-0.1, -0.05) is 42.5 Å². The molecule has 2 fully saturated rings. The van der Waals surface area contributed by atoms with E-state index in [0.29, 0.717) is 23.5 Å². The van der Waals surface area contributed by atoms with E-state index in [4.69, 9.17) is 0 Å². The van der Waals surface area contributed by atoms with Crippen molar-refractivity contribution in [3.05, 3.63) is 71.5 Å². The summed E-state index contributed by atoms with van der Waals surface area (Å²) in [6.45, 7) is 0. The Morgan fingerprint density at radius 2 is 1.46 bits per heavy atom. The van der Waals surface area contributed by atoms with Gasteiger partial charge >= 0.3 is 0 Å². The molecule has 0 aromatic heterocycles. The lowest BCUT2D eigenvalue weighted by Gasteiger charge is -2.26. The van der Waals surface area contributed by atoms with Gasteiger partial charge in [0.1, 0.15) is 5.82 Å². The molecule has 2 heteroatoms. The highest BCUT2D eigenvalue weighted by Gasteiger charge is 2.56. The predicted octanol–water partition coefficient (Wildman–Crippen LogP) is 4.98. The molecule has 5 rings (SSSR count). The van der Waals surface area contributed by atoms with Crippen LogP contribution in [0.4, 0.5) is 4.39 Å². The minimum Gasteiger partial charge on any atom is -0.294 e. The standard InChI is InChI=1S/C22H19FO/c23-17-10-8-14(9-11-17)18-19-15-6-7-16(12-15)21(19)22(24)20(18)13-4-2-1-3-5-13/h1-5,8-11,15-16,19,21H,6-7,12H2/t15-,16+,19?,21?/m1/s1. The maximum absolute atomic E-state index is 13.4. The molecular formula is C22H19FO. The van der Waals surface area contributed by atoms with Crippen LogP contribution >= 0.6 is 0 Å². The highest BCUT2D eigenvalue weighted by Crippen LogP contribution is 2.62. The summed E-state index contributed by atoms with van der Waals surface area (Å²) in [6, 6.07) is 16.7. The molecule has 0 amide bonds. The van der Waals surface area contributed by atoms with Gasteiger partial charge < -0.3 is 0 Å². The van der Waals surface area contributed by atoms with Crippen LogP contribution in [0.15, 0.2) is 54.6 Å². The zero-order chi connectivity index (χ0) is 16.3. The van der Waals surface area contributed by atoms with Gasteiger partial charge in [-0.25, -0.2) is 4.39 Å². The van der Waals surface area contributed by atoms with Crippen molar-refractivity contribution in [2.75, 3.05) is 0 Å². The lowest BCUT2D eigenvalue weighted by atomic mass is 9.77. The van der Waals surface area contributed by atoms with Crippen LogP contribution in [0.25, 0.3) is 11.1 Å². The molecule has 0 radical (unpaired) electrons. The summed E-state index contributed by atoms with van der Waals surface area (Å²) in [6.07, 6.45) is 3.61. The van der Waals surface area contributed by atoms with Crippen molar-refractivity contribution >= 4 is 16.9 Å². The van der Waals surface area contributed by atoms with Crippen LogP contribution in [-0.2, 0) is 4.79 Å². The Hall–Kier alpha value is -2.22. The van der Waals surface area contributed by atoms with Gasteiger partial charge in [-0.2, -0.15) is 0 Å². The minimum atomic E-state index is -0.227. The van der Waals surface area contributed by atoms with E-state index in [9.17, 15) is 9.18 Å². The lowest BCUT2D eigenvalue weighted by molar-refractivity contribution is -0.118. The van der Waals surface area contributed by atoms with Gasteiger partial charge in [-0.05, 0) is 65.8 Å². The Bertz CT molecular complexity index is 834. The number of hydrogen-bond acceptors (Lipinski definition) is 1. The third-order valence-electron chi connectivity index (χ3n) is 6.29. The Balaban J connectivity index is 1.73. The van der Waals surface area contributed by atoms with E-state index in [1.165, 1.54) is 37.0 Å². The molecule has 0 heterocycles. The van der Waals surface area contributed by atoms with E-state index in [0.717, 1.165) is 16.7 Å². The molecule has 2 unspecified atom stereocenters. The summed E-state index contributed by atoms with van der Waals surface area (Å²) in [7, 11) is 0. The molecular weight excluding hydrogens is 299 g/mol. The first-order chi connectivity index (χ1) is 11.7. The number of Topliss-reactive ketones (excluding diaryl/α,β-unsaturated/α-hetero) is 1. The number of ketones is 1. The normalized spacial score (nSPS) is 31.0. The lowest BCUT2D eigenvalue weighted by Crippen LogP contribution is -2.24. The van der Waals surface area contributed by atoms with E-state index in [-0.39, 0.29) is 11.7 Å². The number of carbonyl (C=O) groups excluding carboxylic acids is 1. The number of carbonyl (C=O) groups is 1. The summed E-state index contributed by atoms with van der Waals surface area (Å²) < 4.78 is 13.4. The van der Waals surface area contributed by atoms with Crippen molar-refractivity contribution in [2.24, 2.45) is 23.7 Å². The van der Waals surface area contributed by atoms with E-state index in [1.807, 2.05) is 42.5 Å². The van der Waals surface area contributed by atoms with Crippen LogP contribution in [0.3, 0.4) is 0 Å². The molecule has 4 atom stereocenters. The van der Waals surface area contributed by atoms with Gasteiger partial charge in [0.2, 0.25) is 0 Å². The highest BCUT2D eigenvalue weighted by atomic mass is 19.1. The summed E-state index contributed by atoms with van der Waals surface area (Å²) in [5.74, 6) is 1.73. The molecule has 3 aliphatic rings. The minimum absolute atomic E-state index is 0.152. The zero-order valence-corrected chi connectivity index (χ0v) is 13.4. The van der Waals surface area contributed by atoms with Crippen molar-refractivity contribution in [3.63, 3.8) is 0 Å². The smallest absolute Gasteiger partial charge is 0.167 e. The largest absolute Gasteiger partial charge is 0.294 e. The molecule has 2 aromatic rings. The number of allylic oxidation sites excluding steroid dienone is 2. The van der Waals surface area contributed by atoms with Gasteiger partial charge in [0.05, 0.1) is 0 Å². The average Bonchev–Trinajstić information content (AvgIpc) is 3.29. The fraction of sp³-hybridized carbons (Fsp3) is 0.318. The SMILES string of the molecule is O=C1C(c2ccccc2)=C(c2ccc(F)cc2)C2C1[C@H]1CC[C@@H]2C1. The molecule has 0 saturated heterocycles. The van der Waals surface area contributed by atoms with Gasteiger partial charge in [-0.3, -0.25) is 4.79 Å². The number of halogens is 1. The highest BCUT2D eigenvalue weighted by molar-refractivity contribution is 6.32. The fourth-order valence-corrected chi connectivity index (χ4v) is 5.42. The van der Waals surface area contributed by atoms with Crippen molar-refractivity contribution < 1.29 is 9.18 Å². The third-order valence-corrected chi connectivity index (χ3v) is 6.29. The fourth-order valence-electron chi connectivity index (χ4n) is 5.42. The molecule has 2 saturated carbocycles. The van der Waals surface area contributed by atoms with Gasteiger partial charge in [0.15, 0.2) is 5.78 Å². The molecule has 120 valence electrons. The molecule has 24 heavy (non-hydrogen) atoms. The molecule has 0 aliphatic heterocycles. The maximum atomic E-state index is 13.4. The van der Waals surface area contributed by atoms with Crippen molar-refractivity contribution in [1.82, 2.24) is 0 Å². The average molecular weight is 318 g/mol. The molecule has 3 aliphatic carbocycles. The number of rotatable bonds is 2. The number of hydrogen-bond donors (Lipinski definition) is 0. The molecule has 0 N–H and O–H groups in total. The van der Waals surface area contributed by atoms with Gasteiger partial charge in [0, 0.05) is 11.5 Å². The quantitative estimate of drug-likeness (QED) is 0.763. The molecule has 2 aromatic carbocycles. The monoisotopic (exact) mass is 318 g/mol. The molecule has 0 spiro atoms. The maximum Gasteiger partial charge on any atom is 0.167 e. The Kier molecular flexibility index (Phi) is 3.03. The second-order valence-corrected chi connectivity index (χ2v) is 7.41. The first kappa shape index (κ1) is 14.2. The summed E-state index contributed by atoms with van der Waals surface area (Å²) >= 11 is 0. The van der Waals surface area contributed by atoms with Crippen molar-refractivity contribution in [3.8, 4) is 0 Å².